The monoisotopic (exact) mass is 429 g/mol. The summed E-state index contributed by atoms with van der Waals surface area (Å²) in [6.07, 6.45) is 2.93. The van der Waals surface area contributed by atoms with E-state index in [1.165, 1.54) is 10.5 Å². The largest absolute Gasteiger partial charge is 0.305 e. The van der Waals surface area contributed by atoms with Crippen molar-refractivity contribution in [3.05, 3.63) is 58.3 Å². The zero-order chi connectivity index (χ0) is 20.2. The zero-order valence-corrected chi connectivity index (χ0v) is 18.3. The van der Waals surface area contributed by atoms with E-state index in [4.69, 9.17) is 23.2 Å². The fourth-order valence-corrected chi connectivity index (χ4v) is 4.65. The molecule has 8 heteroatoms. The lowest BCUT2D eigenvalue weighted by atomic mass is 10.0. The third-order valence-corrected chi connectivity index (χ3v) is 6.97. The van der Waals surface area contributed by atoms with Crippen LogP contribution in [0.5, 0.6) is 0 Å². The van der Waals surface area contributed by atoms with Crippen molar-refractivity contribution in [3.63, 3.8) is 0 Å². The Kier molecular flexibility index (Phi) is 7.65. The van der Waals surface area contributed by atoms with Gasteiger partial charge in [0.1, 0.15) is 4.90 Å². The van der Waals surface area contributed by atoms with Crippen LogP contribution in [-0.4, -0.2) is 49.3 Å². The summed E-state index contributed by atoms with van der Waals surface area (Å²) in [7, 11) is 0.198. The Morgan fingerprint density at radius 3 is 2.33 bits per heavy atom. The number of nitrogens with zero attached hydrogens (tertiary/aromatic N) is 3. The summed E-state index contributed by atoms with van der Waals surface area (Å²) in [4.78, 5) is 6.18. The van der Waals surface area contributed by atoms with Crippen molar-refractivity contribution in [1.29, 1.82) is 0 Å². The zero-order valence-electron chi connectivity index (χ0n) is 15.9. The minimum atomic E-state index is -3.72. The number of benzene rings is 1. The maximum Gasteiger partial charge on any atom is 0.244 e. The highest BCUT2D eigenvalue weighted by Crippen LogP contribution is 2.26. The molecule has 0 saturated carbocycles. The van der Waals surface area contributed by atoms with Gasteiger partial charge in [-0.3, -0.25) is 4.98 Å². The van der Waals surface area contributed by atoms with E-state index in [9.17, 15) is 8.42 Å². The summed E-state index contributed by atoms with van der Waals surface area (Å²) in [5.74, 6) is 0.278. The molecule has 0 fully saturated rings. The molecular formula is C19H25Cl2N3O2S. The van der Waals surface area contributed by atoms with Crippen LogP contribution >= 0.6 is 23.2 Å². The molecule has 148 valence electrons. The molecule has 1 aromatic heterocycles. The second-order valence-electron chi connectivity index (χ2n) is 7.01. The molecule has 0 bridgehead atoms. The lowest BCUT2D eigenvalue weighted by Gasteiger charge is -2.33. The lowest BCUT2D eigenvalue weighted by molar-refractivity contribution is 0.190. The molecule has 27 heavy (non-hydrogen) atoms. The van der Waals surface area contributed by atoms with E-state index in [0.29, 0.717) is 16.6 Å². The van der Waals surface area contributed by atoms with Crippen LogP contribution in [-0.2, 0) is 16.6 Å². The van der Waals surface area contributed by atoms with Gasteiger partial charge in [0.2, 0.25) is 10.0 Å². The maximum absolute atomic E-state index is 13.3. The summed E-state index contributed by atoms with van der Waals surface area (Å²) >= 11 is 12.1. The third-order valence-electron chi connectivity index (χ3n) is 4.44. The molecule has 1 aromatic carbocycles. The van der Waals surface area contributed by atoms with E-state index in [1.807, 2.05) is 19.0 Å². The molecule has 2 rings (SSSR count). The number of rotatable bonds is 8. The van der Waals surface area contributed by atoms with Crippen molar-refractivity contribution in [1.82, 2.24) is 14.2 Å². The number of halogens is 2. The van der Waals surface area contributed by atoms with Crippen LogP contribution < -0.4 is 0 Å². The van der Waals surface area contributed by atoms with E-state index in [1.54, 1.807) is 36.5 Å². The predicted octanol–water partition coefficient (Wildman–Crippen LogP) is 4.17. The van der Waals surface area contributed by atoms with E-state index >= 15 is 0 Å². The van der Waals surface area contributed by atoms with Gasteiger partial charge >= 0.3 is 0 Å². The molecule has 0 spiro atoms. The van der Waals surface area contributed by atoms with Crippen LogP contribution in [0.15, 0.2) is 47.6 Å². The predicted molar refractivity (Wildman–Crippen MR) is 111 cm³/mol. The van der Waals surface area contributed by atoms with Crippen molar-refractivity contribution >= 4 is 33.2 Å². The number of hydrogen-bond acceptors (Lipinski definition) is 4. The molecule has 5 nitrogen and oxygen atoms in total. The summed E-state index contributed by atoms with van der Waals surface area (Å²) in [6.45, 7) is 4.71. The summed E-state index contributed by atoms with van der Waals surface area (Å²) in [5.41, 5.74) is 0.776. The first-order chi connectivity index (χ1) is 12.6. The molecule has 1 unspecified atom stereocenters. The van der Waals surface area contributed by atoms with Crippen molar-refractivity contribution in [2.24, 2.45) is 5.92 Å². The van der Waals surface area contributed by atoms with Crippen LogP contribution in [0, 0.1) is 5.92 Å². The highest BCUT2D eigenvalue weighted by molar-refractivity contribution is 7.89. The molecule has 2 aromatic rings. The number of aromatic nitrogens is 1. The van der Waals surface area contributed by atoms with Gasteiger partial charge < -0.3 is 4.90 Å². The molecule has 1 atom stereocenters. The van der Waals surface area contributed by atoms with E-state index < -0.39 is 10.0 Å². The van der Waals surface area contributed by atoms with Crippen LogP contribution in [0.1, 0.15) is 19.4 Å². The fraction of sp³-hybridized carbons (Fsp3) is 0.421. The number of hydrogen-bond donors (Lipinski definition) is 0. The molecule has 1 heterocycles. The summed E-state index contributed by atoms with van der Waals surface area (Å²) in [5, 5.41) is 0.844. The van der Waals surface area contributed by atoms with Gasteiger partial charge in [-0.2, -0.15) is 4.31 Å². The fourth-order valence-electron chi connectivity index (χ4n) is 2.92. The van der Waals surface area contributed by atoms with E-state index in [2.05, 4.69) is 18.8 Å². The molecule has 0 N–H and O–H groups in total. The van der Waals surface area contributed by atoms with Crippen molar-refractivity contribution < 1.29 is 8.42 Å². The van der Waals surface area contributed by atoms with Gasteiger partial charge in [0.05, 0.1) is 10.0 Å². The van der Waals surface area contributed by atoms with Crippen LogP contribution in [0.4, 0.5) is 0 Å². The second kappa shape index (κ2) is 9.34. The summed E-state index contributed by atoms with van der Waals surface area (Å²) in [6, 6.07) is 8.41. The van der Waals surface area contributed by atoms with Crippen LogP contribution in [0.3, 0.4) is 0 Å². The van der Waals surface area contributed by atoms with Crippen LogP contribution in [0.25, 0.3) is 0 Å². The first-order valence-corrected chi connectivity index (χ1v) is 10.8. The van der Waals surface area contributed by atoms with Gasteiger partial charge in [0.25, 0.3) is 0 Å². The van der Waals surface area contributed by atoms with Gasteiger partial charge in [0, 0.05) is 31.5 Å². The molecule has 0 aliphatic carbocycles. The van der Waals surface area contributed by atoms with Crippen molar-refractivity contribution in [2.45, 2.75) is 31.3 Å². The Morgan fingerprint density at radius 2 is 1.81 bits per heavy atom. The summed E-state index contributed by atoms with van der Waals surface area (Å²) < 4.78 is 28.0. The number of likely N-dealkylation sites (N-methyl/N-ethyl adjacent to an activating group) is 1. The Labute approximate surface area is 172 Å². The Balaban J connectivity index is 2.42. The highest BCUT2D eigenvalue weighted by Gasteiger charge is 2.29. The Morgan fingerprint density at radius 1 is 1.11 bits per heavy atom. The Hall–Kier alpha value is -1.18. The van der Waals surface area contributed by atoms with E-state index in [-0.39, 0.29) is 23.4 Å². The second-order valence-corrected chi connectivity index (χ2v) is 9.76. The average Bonchev–Trinajstić information content (AvgIpc) is 2.61. The standard InChI is InChI=1S/C19H25Cl2N3O2S/c1-14(2)19(23(3)4)13-24(12-15-7-8-17(20)18(21)10-15)27(25,26)16-6-5-9-22-11-16/h5-11,14,19H,12-13H2,1-4H3. The number of pyridine rings is 1. The van der Waals surface area contributed by atoms with Gasteiger partial charge in [0.15, 0.2) is 0 Å². The van der Waals surface area contributed by atoms with Gasteiger partial charge in [-0.25, -0.2) is 8.42 Å². The molecular weight excluding hydrogens is 405 g/mol. The average molecular weight is 430 g/mol. The minimum Gasteiger partial charge on any atom is -0.305 e. The molecule has 0 saturated heterocycles. The smallest absolute Gasteiger partial charge is 0.244 e. The topological polar surface area (TPSA) is 53.5 Å². The third kappa shape index (κ3) is 5.65. The van der Waals surface area contributed by atoms with Crippen molar-refractivity contribution in [3.8, 4) is 0 Å². The molecule has 0 amide bonds. The number of sulfonamides is 1. The Bertz CT molecular complexity index is 851. The highest BCUT2D eigenvalue weighted by atomic mass is 35.5. The normalized spacial score (nSPS) is 13.5. The van der Waals surface area contributed by atoms with Crippen molar-refractivity contribution in [2.75, 3.05) is 20.6 Å². The molecule has 0 aliphatic rings. The minimum absolute atomic E-state index is 0.0548. The molecule has 0 aliphatic heterocycles. The quantitative estimate of drug-likeness (QED) is 0.631. The maximum atomic E-state index is 13.3. The van der Waals surface area contributed by atoms with Gasteiger partial charge in [-0.1, -0.05) is 43.1 Å². The first-order valence-electron chi connectivity index (χ1n) is 8.63. The van der Waals surface area contributed by atoms with Gasteiger partial charge in [-0.05, 0) is 49.8 Å². The lowest BCUT2D eigenvalue weighted by Crippen LogP contribution is -2.45. The van der Waals surface area contributed by atoms with Crippen LogP contribution in [0.2, 0.25) is 10.0 Å². The molecule has 0 radical (unpaired) electrons. The van der Waals surface area contributed by atoms with Gasteiger partial charge in [-0.15, -0.1) is 0 Å². The SMILES string of the molecule is CC(C)C(CN(Cc1ccc(Cl)c(Cl)c1)S(=O)(=O)c1cccnc1)N(C)C. The first kappa shape index (κ1) is 22.1. The van der Waals surface area contributed by atoms with E-state index in [0.717, 1.165) is 5.56 Å².